The van der Waals surface area contributed by atoms with Gasteiger partial charge < -0.3 is 20.7 Å². The summed E-state index contributed by atoms with van der Waals surface area (Å²) in [6.07, 6.45) is 3.84. The van der Waals surface area contributed by atoms with E-state index in [0.717, 1.165) is 50.5 Å². The van der Waals surface area contributed by atoms with E-state index in [2.05, 4.69) is 44.5 Å². The molecule has 2 atom stereocenters. The van der Waals surface area contributed by atoms with E-state index in [9.17, 15) is 4.79 Å². The van der Waals surface area contributed by atoms with Gasteiger partial charge in [0.2, 0.25) is 0 Å². The molecule has 3 aromatic rings. The van der Waals surface area contributed by atoms with E-state index in [1.54, 1.807) is 18.2 Å². The molecule has 0 saturated carbocycles. The normalized spacial score (nSPS) is 19.6. The SMILES string of the molecule is N#Cc1ccc(N2CC[C@@H](Nc3cc(Cc4ccc(CCN5CCOCC5)cc4)ncc3C(N)=O)[C@@H](F)C2)nc1. The minimum atomic E-state index is -1.20. The Kier molecular flexibility index (Phi) is 8.84. The first-order valence-corrected chi connectivity index (χ1v) is 13.7. The summed E-state index contributed by atoms with van der Waals surface area (Å²) in [6.45, 7) is 5.33. The summed E-state index contributed by atoms with van der Waals surface area (Å²) in [6, 6.07) is 15.3. The molecule has 9 nitrogen and oxygen atoms in total. The number of hydrogen-bond acceptors (Lipinski definition) is 8. The minimum absolute atomic E-state index is 0.151. The molecule has 0 bridgehead atoms. The average Bonchev–Trinajstić information content (AvgIpc) is 2.98. The molecular formula is C30H34FN7O2. The van der Waals surface area contributed by atoms with Gasteiger partial charge >= 0.3 is 0 Å². The number of carbonyl (C=O) groups is 1. The maximum Gasteiger partial charge on any atom is 0.252 e. The lowest BCUT2D eigenvalue weighted by molar-refractivity contribution is 0.0384. The number of morpholine rings is 1. The number of halogens is 1. The quantitative estimate of drug-likeness (QED) is 0.423. The number of anilines is 2. The average molecular weight is 544 g/mol. The molecule has 1 aromatic carbocycles. The number of rotatable bonds is 9. The van der Waals surface area contributed by atoms with Gasteiger partial charge in [0.1, 0.15) is 18.1 Å². The van der Waals surface area contributed by atoms with E-state index in [1.807, 2.05) is 11.0 Å². The Hall–Kier alpha value is -4.07. The number of benzene rings is 1. The fourth-order valence-electron chi connectivity index (χ4n) is 5.17. The molecule has 1 amide bonds. The highest BCUT2D eigenvalue weighted by Gasteiger charge is 2.30. The number of piperidine rings is 1. The van der Waals surface area contributed by atoms with Gasteiger partial charge in [-0.05, 0) is 42.2 Å². The number of nitriles is 1. The first kappa shape index (κ1) is 27.5. The van der Waals surface area contributed by atoms with Crippen molar-refractivity contribution in [2.45, 2.75) is 31.5 Å². The van der Waals surface area contributed by atoms with E-state index in [1.165, 1.54) is 18.0 Å². The molecule has 0 radical (unpaired) electrons. The zero-order valence-corrected chi connectivity index (χ0v) is 22.4. The summed E-state index contributed by atoms with van der Waals surface area (Å²) in [5.74, 6) is 0.0250. The van der Waals surface area contributed by atoms with Crippen LogP contribution in [0.2, 0.25) is 0 Å². The molecule has 2 saturated heterocycles. The maximum absolute atomic E-state index is 15.3. The monoisotopic (exact) mass is 543 g/mol. The second-order valence-corrected chi connectivity index (χ2v) is 10.3. The molecule has 208 valence electrons. The number of nitrogens with zero attached hydrogens (tertiary/aromatic N) is 5. The number of hydrogen-bond donors (Lipinski definition) is 2. The van der Waals surface area contributed by atoms with Crippen molar-refractivity contribution in [1.29, 1.82) is 5.26 Å². The highest BCUT2D eigenvalue weighted by atomic mass is 19.1. The number of amides is 1. The van der Waals surface area contributed by atoms with Crippen LogP contribution in [0.15, 0.2) is 54.9 Å². The molecule has 5 rings (SSSR count). The third-order valence-corrected chi connectivity index (χ3v) is 7.54. The minimum Gasteiger partial charge on any atom is -0.379 e. The van der Waals surface area contributed by atoms with Crippen LogP contribution >= 0.6 is 0 Å². The Morgan fingerprint density at radius 3 is 2.55 bits per heavy atom. The fourth-order valence-corrected chi connectivity index (χ4v) is 5.17. The van der Waals surface area contributed by atoms with Crippen molar-refractivity contribution in [1.82, 2.24) is 14.9 Å². The van der Waals surface area contributed by atoms with E-state index in [4.69, 9.17) is 15.7 Å². The highest BCUT2D eigenvalue weighted by Crippen LogP contribution is 2.25. The third kappa shape index (κ3) is 6.92. The van der Waals surface area contributed by atoms with E-state index in [0.29, 0.717) is 36.5 Å². The van der Waals surface area contributed by atoms with Gasteiger partial charge in [-0.2, -0.15) is 5.26 Å². The van der Waals surface area contributed by atoms with Crippen molar-refractivity contribution in [3.63, 3.8) is 0 Å². The van der Waals surface area contributed by atoms with Crippen LogP contribution < -0.4 is 16.0 Å². The predicted molar refractivity (Wildman–Crippen MR) is 151 cm³/mol. The molecule has 3 N–H and O–H groups in total. The van der Waals surface area contributed by atoms with E-state index in [-0.39, 0.29) is 12.1 Å². The molecule has 40 heavy (non-hydrogen) atoms. The first-order valence-electron chi connectivity index (χ1n) is 13.7. The van der Waals surface area contributed by atoms with Crippen LogP contribution in [0.4, 0.5) is 15.9 Å². The number of primary amides is 1. The summed E-state index contributed by atoms with van der Waals surface area (Å²) in [7, 11) is 0. The lowest BCUT2D eigenvalue weighted by atomic mass is 10.0. The van der Waals surface area contributed by atoms with Crippen LogP contribution in [-0.4, -0.2) is 78.9 Å². The van der Waals surface area contributed by atoms with Crippen LogP contribution in [0.1, 0.15) is 39.2 Å². The molecule has 2 fully saturated rings. The van der Waals surface area contributed by atoms with Gasteiger partial charge in [-0.1, -0.05) is 24.3 Å². The summed E-state index contributed by atoms with van der Waals surface area (Å²) in [5.41, 5.74) is 9.97. The number of nitrogens with two attached hydrogens (primary N) is 1. The molecule has 0 unspecified atom stereocenters. The topological polar surface area (TPSA) is 120 Å². The maximum atomic E-state index is 15.3. The molecule has 0 aliphatic carbocycles. The van der Waals surface area contributed by atoms with Gasteiger partial charge in [-0.15, -0.1) is 0 Å². The summed E-state index contributed by atoms with van der Waals surface area (Å²) >= 11 is 0. The summed E-state index contributed by atoms with van der Waals surface area (Å²) < 4.78 is 20.7. The lowest BCUT2D eigenvalue weighted by Crippen LogP contribution is -2.48. The Morgan fingerprint density at radius 1 is 1.10 bits per heavy atom. The van der Waals surface area contributed by atoms with Crippen LogP contribution in [0.25, 0.3) is 0 Å². The lowest BCUT2D eigenvalue weighted by Gasteiger charge is -2.36. The Balaban J connectivity index is 1.21. The number of aromatic nitrogens is 2. The molecule has 2 aliphatic rings. The van der Waals surface area contributed by atoms with Crippen molar-refractivity contribution >= 4 is 17.4 Å². The molecule has 0 spiro atoms. The number of nitrogens with one attached hydrogen (secondary N) is 1. The van der Waals surface area contributed by atoms with Crippen LogP contribution in [0.3, 0.4) is 0 Å². The van der Waals surface area contributed by atoms with Crippen molar-refractivity contribution < 1.29 is 13.9 Å². The van der Waals surface area contributed by atoms with Crippen molar-refractivity contribution in [2.24, 2.45) is 5.73 Å². The van der Waals surface area contributed by atoms with Crippen LogP contribution in [-0.2, 0) is 17.6 Å². The number of carbonyl (C=O) groups excluding carboxylic acids is 1. The third-order valence-electron chi connectivity index (χ3n) is 7.54. The van der Waals surface area contributed by atoms with Crippen molar-refractivity contribution in [3.05, 3.63) is 82.8 Å². The summed E-state index contributed by atoms with van der Waals surface area (Å²) in [5, 5.41) is 12.2. The number of alkyl halides is 1. The zero-order chi connectivity index (χ0) is 27.9. The second kappa shape index (κ2) is 12.9. The van der Waals surface area contributed by atoms with Gasteiger partial charge in [-0.3, -0.25) is 14.7 Å². The first-order chi connectivity index (χ1) is 19.5. The molecule has 2 aromatic heterocycles. The van der Waals surface area contributed by atoms with Gasteiger partial charge in [0.15, 0.2) is 0 Å². The molecular weight excluding hydrogens is 509 g/mol. The highest BCUT2D eigenvalue weighted by molar-refractivity contribution is 5.98. The second-order valence-electron chi connectivity index (χ2n) is 10.3. The predicted octanol–water partition coefficient (Wildman–Crippen LogP) is 2.94. The van der Waals surface area contributed by atoms with Gasteiger partial charge in [0, 0.05) is 50.7 Å². The Morgan fingerprint density at radius 2 is 1.88 bits per heavy atom. The number of ether oxygens (including phenoxy) is 1. The van der Waals surface area contributed by atoms with E-state index < -0.39 is 18.1 Å². The number of pyridine rings is 2. The molecule has 2 aliphatic heterocycles. The van der Waals surface area contributed by atoms with Crippen LogP contribution in [0.5, 0.6) is 0 Å². The van der Waals surface area contributed by atoms with Crippen molar-refractivity contribution in [2.75, 3.05) is 56.2 Å². The largest absolute Gasteiger partial charge is 0.379 e. The molecule has 10 heteroatoms. The van der Waals surface area contributed by atoms with Gasteiger partial charge in [0.25, 0.3) is 5.91 Å². The standard InChI is InChI=1S/C30H34FN7O2/c31-26-20-38(29-6-5-23(17-32)18-35-29)10-8-27(26)36-28-16-24(34-19-25(28)30(33)39)15-22-3-1-21(2-4-22)7-9-37-11-13-40-14-12-37/h1-6,16,18-19,26-27H,7-15,20H2,(H2,33,39)(H,34,36)/t26-,27+/m0/s1. The summed E-state index contributed by atoms with van der Waals surface area (Å²) in [4.78, 5) is 25.1. The molecule has 4 heterocycles. The smallest absolute Gasteiger partial charge is 0.252 e. The van der Waals surface area contributed by atoms with Crippen LogP contribution in [0, 0.1) is 11.3 Å². The Labute approximate surface area is 233 Å². The van der Waals surface area contributed by atoms with E-state index >= 15 is 4.39 Å². The zero-order valence-electron chi connectivity index (χ0n) is 22.4. The Bertz CT molecular complexity index is 1340. The fraction of sp³-hybridized carbons (Fsp3) is 0.400. The van der Waals surface area contributed by atoms with Gasteiger partial charge in [-0.25, -0.2) is 9.37 Å². The van der Waals surface area contributed by atoms with Gasteiger partial charge in [0.05, 0.1) is 42.6 Å². The van der Waals surface area contributed by atoms with Crippen molar-refractivity contribution in [3.8, 4) is 6.07 Å².